The topological polar surface area (TPSA) is 26.3 Å². The van der Waals surface area contributed by atoms with Crippen LogP contribution in [0.5, 0.6) is 5.75 Å². The lowest BCUT2D eigenvalue weighted by atomic mass is 10.0. The Morgan fingerprint density at radius 1 is 0.808 bits per heavy atom. The first-order valence-electron chi connectivity index (χ1n) is 8.77. The molecule has 0 saturated heterocycles. The molecule has 0 heterocycles. The second kappa shape index (κ2) is 8.30. The highest BCUT2D eigenvalue weighted by Gasteiger charge is 2.03. The van der Waals surface area contributed by atoms with Crippen molar-refractivity contribution in [2.24, 2.45) is 0 Å². The van der Waals surface area contributed by atoms with Crippen molar-refractivity contribution in [1.82, 2.24) is 0 Å². The molecule has 0 aliphatic heterocycles. The summed E-state index contributed by atoms with van der Waals surface area (Å²) in [5.41, 5.74) is 4.48. The Morgan fingerprint density at radius 3 is 2.04 bits per heavy atom. The monoisotopic (exact) mass is 342 g/mol. The summed E-state index contributed by atoms with van der Waals surface area (Å²) in [6.07, 6.45) is 3.22. The fourth-order valence-corrected chi connectivity index (χ4v) is 2.65. The first kappa shape index (κ1) is 17.7. The van der Waals surface area contributed by atoms with Crippen LogP contribution in [-0.4, -0.2) is 5.97 Å². The summed E-state index contributed by atoms with van der Waals surface area (Å²) >= 11 is 0. The molecule has 0 N–H and O–H groups in total. The van der Waals surface area contributed by atoms with E-state index in [2.05, 4.69) is 26.0 Å². The lowest BCUT2D eigenvalue weighted by Crippen LogP contribution is -2.03. The summed E-state index contributed by atoms with van der Waals surface area (Å²) in [6, 6.07) is 25.8. The summed E-state index contributed by atoms with van der Waals surface area (Å²) in [4.78, 5) is 12.0. The maximum absolute atomic E-state index is 12.0. The lowest BCUT2D eigenvalue weighted by molar-refractivity contribution is -0.128. The molecule has 0 radical (unpaired) electrons. The average molecular weight is 342 g/mol. The Bertz CT molecular complexity index is 874. The lowest BCUT2D eigenvalue weighted by Gasteiger charge is -2.05. The van der Waals surface area contributed by atoms with Gasteiger partial charge in [-0.1, -0.05) is 80.6 Å². The first-order valence-corrected chi connectivity index (χ1v) is 8.77. The standard InChI is InChI=1S/C24H22O2/c1-18(2)20-11-8-19(9-12-20)10-17-24(25)26-23-15-13-22(14-16-23)21-6-4-3-5-7-21/h3-18H,1-2H3/b17-10+. The van der Waals surface area contributed by atoms with Gasteiger partial charge in [-0.3, -0.25) is 0 Å². The van der Waals surface area contributed by atoms with Crippen molar-refractivity contribution in [3.63, 3.8) is 0 Å². The molecule has 0 bridgehead atoms. The molecule has 2 heteroatoms. The molecular weight excluding hydrogens is 320 g/mol. The van der Waals surface area contributed by atoms with E-state index in [4.69, 9.17) is 4.74 Å². The number of esters is 1. The van der Waals surface area contributed by atoms with Crippen LogP contribution >= 0.6 is 0 Å². The zero-order chi connectivity index (χ0) is 18.4. The van der Waals surface area contributed by atoms with Gasteiger partial charge in [-0.15, -0.1) is 0 Å². The normalized spacial score (nSPS) is 11.0. The minimum absolute atomic E-state index is 0.384. The summed E-state index contributed by atoms with van der Waals surface area (Å²) in [5, 5.41) is 0. The van der Waals surface area contributed by atoms with E-state index in [0.717, 1.165) is 16.7 Å². The molecule has 0 aliphatic rings. The van der Waals surface area contributed by atoms with Crippen LogP contribution in [0.3, 0.4) is 0 Å². The molecule has 0 aliphatic carbocycles. The summed E-state index contributed by atoms with van der Waals surface area (Å²) in [6.45, 7) is 4.32. The Kier molecular flexibility index (Phi) is 5.65. The SMILES string of the molecule is CC(C)c1ccc(/C=C/C(=O)Oc2ccc(-c3ccccc3)cc2)cc1. The van der Waals surface area contributed by atoms with E-state index < -0.39 is 0 Å². The number of ether oxygens (including phenoxy) is 1. The molecule has 3 aromatic rings. The second-order valence-electron chi connectivity index (χ2n) is 6.47. The highest BCUT2D eigenvalue weighted by Crippen LogP contribution is 2.22. The van der Waals surface area contributed by atoms with E-state index in [1.165, 1.54) is 11.6 Å². The van der Waals surface area contributed by atoms with Gasteiger partial charge in [0.2, 0.25) is 0 Å². The van der Waals surface area contributed by atoms with E-state index in [0.29, 0.717) is 11.7 Å². The Hall–Kier alpha value is -3.13. The van der Waals surface area contributed by atoms with Crippen molar-refractivity contribution < 1.29 is 9.53 Å². The Labute approximate surface area is 154 Å². The van der Waals surface area contributed by atoms with Gasteiger partial charge in [0, 0.05) is 6.08 Å². The minimum atomic E-state index is -0.384. The maximum atomic E-state index is 12.0. The van der Waals surface area contributed by atoms with Crippen molar-refractivity contribution >= 4 is 12.0 Å². The van der Waals surface area contributed by atoms with Crippen LogP contribution in [-0.2, 0) is 4.79 Å². The van der Waals surface area contributed by atoms with Gasteiger partial charge >= 0.3 is 5.97 Å². The molecule has 0 unspecified atom stereocenters. The van der Waals surface area contributed by atoms with E-state index in [-0.39, 0.29) is 5.97 Å². The highest BCUT2D eigenvalue weighted by molar-refractivity contribution is 5.88. The van der Waals surface area contributed by atoms with Gasteiger partial charge in [0.05, 0.1) is 0 Å². The predicted molar refractivity (Wildman–Crippen MR) is 107 cm³/mol. The zero-order valence-electron chi connectivity index (χ0n) is 15.1. The van der Waals surface area contributed by atoms with Gasteiger partial charge in [-0.25, -0.2) is 4.79 Å². The molecule has 3 aromatic carbocycles. The zero-order valence-corrected chi connectivity index (χ0v) is 15.1. The first-order chi connectivity index (χ1) is 12.6. The molecule has 130 valence electrons. The van der Waals surface area contributed by atoms with Gasteiger partial charge < -0.3 is 4.74 Å². The summed E-state index contributed by atoms with van der Waals surface area (Å²) in [7, 11) is 0. The third-order valence-electron chi connectivity index (χ3n) is 4.19. The van der Waals surface area contributed by atoms with E-state index in [1.54, 1.807) is 6.08 Å². The second-order valence-corrected chi connectivity index (χ2v) is 6.47. The van der Waals surface area contributed by atoms with Gasteiger partial charge in [-0.05, 0) is 46.4 Å². The minimum Gasteiger partial charge on any atom is -0.423 e. The molecule has 0 saturated carbocycles. The smallest absolute Gasteiger partial charge is 0.336 e. The van der Waals surface area contributed by atoms with Crippen molar-refractivity contribution in [2.45, 2.75) is 19.8 Å². The molecule has 0 aromatic heterocycles. The van der Waals surface area contributed by atoms with Crippen molar-refractivity contribution in [2.75, 3.05) is 0 Å². The molecule has 2 nitrogen and oxygen atoms in total. The van der Waals surface area contributed by atoms with Gasteiger partial charge in [0.15, 0.2) is 0 Å². The van der Waals surface area contributed by atoms with Crippen LogP contribution in [0.25, 0.3) is 17.2 Å². The third-order valence-corrected chi connectivity index (χ3v) is 4.19. The number of hydrogen-bond donors (Lipinski definition) is 0. The highest BCUT2D eigenvalue weighted by atomic mass is 16.5. The van der Waals surface area contributed by atoms with Gasteiger partial charge in [0.25, 0.3) is 0 Å². The van der Waals surface area contributed by atoms with E-state index in [1.807, 2.05) is 66.7 Å². The van der Waals surface area contributed by atoms with Crippen molar-refractivity contribution in [3.8, 4) is 16.9 Å². The van der Waals surface area contributed by atoms with Crippen LogP contribution in [0.15, 0.2) is 84.9 Å². The fourth-order valence-electron chi connectivity index (χ4n) is 2.65. The van der Waals surface area contributed by atoms with E-state index >= 15 is 0 Å². The molecule has 0 atom stereocenters. The quantitative estimate of drug-likeness (QED) is 0.318. The number of carbonyl (C=O) groups excluding carboxylic acids is 1. The molecular formula is C24H22O2. The maximum Gasteiger partial charge on any atom is 0.336 e. The Morgan fingerprint density at radius 2 is 1.42 bits per heavy atom. The van der Waals surface area contributed by atoms with Gasteiger partial charge in [0.1, 0.15) is 5.75 Å². The van der Waals surface area contributed by atoms with Crippen LogP contribution in [0.2, 0.25) is 0 Å². The van der Waals surface area contributed by atoms with Crippen LogP contribution < -0.4 is 4.74 Å². The number of hydrogen-bond acceptors (Lipinski definition) is 2. The number of carbonyl (C=O) groups is 1. The van der Waals surface area contributed by atoms with Crippen LogP contribution in [0.4, 0.5) is 0 Å². The molecule has 3 rings (SSSR count). The largest absolute Gasteiger partial charge is 0.423 e. The average Bonchev–Trinajstić information content (AvgIpc) is 2.68. The van der Waals surface area contributed by atoms with Gasteiger partial charge in [-0.2, -0.15) is 0 Å². The molecule has 0 amide bonds. The van der Waals surface area contributed by atoms with Crippen LogP contribution in [0.1, 0.15) is 30.9 Å². The van der Waals surface area contributed by atoms with E-state index in [9.17, 15) is 4.79 Å². The van der Waals surface area contributed by atoms with Crippen LogP contribution in [0, 0.1) is 0 Å². The fraction of sp³-hybridized carbons (Fsp3) is 0.125. The number of benzene rings is 3. The molecule has 0 spiro atoms. The van der Waals surface area contributed by atoms with Crippen molar-refractivity contribution in [3.05, 3.63) is 96.1 Å². The summed E-state index contributed by atoms with van der Waals surface area (Å²) in [5.74, 6) is 0.650. The third kappa shape index (κ3) is 4.70. The Balaban J connectivity index is 1.61. The number of rotatable bonds is 5. The molecule has 26 heavy (non-hydrogen) atoms. The van der Waals surface area contributed by atoms with Crippen molar-refractivity contribution in [1.29, 1.82) is 0 Å². The molecule has 0 fully saturated rings. The predicted octanol–water partition coefficient (Wildman–Crippen LogP) is 6.10. The summed E-state index contributed by atoms with van der Waals surface area (Å²) < 4.78 is 5.36.